The third kappa shape index (κ3) is 3.86. The lowest BCUT2D eigenvalue weighted by atomic mass is 9.98. The maximum Gasteiger partial charge on any atom is 0.435 e. The largest absolute Gasteiger partial charge is 0.435 e. The fraction of sp³-hybridized carbons (Fsp3) is 0.333. The molecule has 1 unspecified atom stereocenters. The molecule has 29 heavy (non-hydrogen) atoms. The Morgan fingerprint density at radius 3 is 2.62 bits per heavy atom. The minimum Gasteiger partial charge on any atom is -0.336 e. The molecule has 1 fully saturated rings. The summed E-state index contributed by atoms with van der Waals surface area (Å²) in [6.45, 7) is 0.606. The Kier molecular flexibility index (Phi) is 5.07. The van der Waals surface area contributed by atoms with E-state index in [-0.39, 0.29) is 18.2 Å². The van der Waals surface area contributed by atoms with Crippen molar-refractivity contribution in [2.45, 2.75) is 24.9 Å². The zero-order valence-corrected chi connectivity index (χ0v) is 15.8. The van der Waals surface area contributed by atoms with E-state index in [1.807, 2.05) is 5.38 Å². The van der Waals surface area contributed by atoms with E-state index in [2.05, 4.69) is 15.3 Å². The molecule has 0 spiro atoms. The monoisotopic (exact) mass is 425 g/mol. The molecule has 152 valence electrons. The first-order valence-electron chi connectivity index (χ1n) is 8.82. The summed E-state index contributed by atoms with van der Waals surface area (Å²) in [7, 11) is 0. The molecule has 1 saturated heterocycles. The third-order valence-electron chi connectivity index (χ3n) is 4.72. The quantitative estimate of drug-likeness (QED) is 0.597. The van der Waals surface area contributed by atoms with E-state index in [4.69, 9.17) is 0 Å². The number of aromatic nitrogens is 4. The van der Waals surface area contributed by atoms with Crippen LogP contribution in [0.5, 0.6) is 0 Å². The van der Waals surface area contributed by atoms with Crippen LogP contribution in [0.1, 0.15) is 39.9 Å². The summed E-state index contributed by atoms with van der Waals surface area (Å²) < 4.78 is 55.0. The molecule has 0 aliphatic carbocycles. The van der Waals surface area contributed by atoms with Crippen molar-refractivity contribution in [1.29, 1.82) is 0 Å². The van der Waals surface area contributed by atoms with Crippen molar-refractivity contribution < 1.29 is 22.4 Å². The van der Waals surface area contributed by atoms with Gasteiger partial charge >= 0.3 is 6.18 Å². The number of rotatable bonds is 3. The van der Waals surface area contributed by atoms with Crippen LogP contribution in [-0.4, -0.2) is 43.9 Å². The summed E-state index contributed by atoms with van der Waals surface area (Å²) in [5.41, 5.74) is -2.07. The van der Waals surface area contributed by atoms with Gasteiger partial charge in [0.1, 0.15) is 5.82 Å². The Labute approximate surface area is 166 Å². The van der Waals surface area contributed by atoms with Crippen LogP contribution >= 0.6 is 11.3 Å². The number of hydrogen-bond acceptors (Lipinski definition) is 5. The minimum atomic E-state index is -4.87. The summed E-state index contributed by atoms with van der Waals surface area (Å²) in [5.74, 6) is -1.44. The van der Waals surface area contributed by atoms with Crippen LogP contribution in [0.25, 0.3) is 5.69 Å². The van der Waals surface area contributed by atoms with Crippen LogP contribution < -0.4 is 0 Å². The van der Waals surface area contributed by atoms with Crippen LogP contribution in [0.4, 0.5) is 17.6 Å². The summed E-state index contributed by atoms with van der Waals surface area (Å²) in [6.07, 6.45) is -1.74. The van der Waals surface area contributed by atoms with Crippen molar-refractivity contribution in [2.24, 2.45) is 0 Å². The van der Waals surface area contributed by atoms with Gasteiger partial charge in [0, 0.05) is 30.6 Å². The molecule has 3 heterocycles. The van der Waals surface area contributed by atoms with Crippen molar-refractivity contribution in [3.63, 3.8) is 0 Å². The van der Waals surface area contributed by atoms with E-state index in [0.29, 0.717) is 17.6 Å². The van der Waals surface area contributed by atoms with Gasteiger partial charge in [-0.3, -0.25) is 4.79 Å². The number of halogens is 4. The van der Waals surface area contributed by atoms with Gasteiger partial charge in [0.2, 0.25) is 0 Å². The van der Waals surface area contributed by atoms with Gasteiger partial charge in [0.25, 0.3) is 5.91 Å². The normalized spacial score (nSPS) is 17.5. The molecule has 3 aromatic rings. The Morgan fingerprint density at radius 2 is 1.97 bits per heavy atom. The molecule has 2 aromatic heterocycles. The van der Waals surface area contributed by atoms with Crippen molar-refractivity contribution in [1.82, 2.24) is 24.9 Å². The number of amides is 1. The molecule has 1 aliphatic rings. The first kappa shape index (κ1) is 19.5. The van der Waals surface area contributed by atoms with E-state index >= 15 is 0 Å². The van der Waals surface area contributed by atoms with E-state index in [1.165, 1.54) is 16.2 Å². The SMILES string of the molecule is O=C(c1nnn(-c2ccc(F)cc2)c1C(F)(F)F)N1CCCC(c2nccs2)C1. The summed E-state index contributed by atoms with van der Waals surface area (Å²) in [4.78, 5) is 18.5. The van der Waals surface area contributed by atoms with Gasteiger partial charge in [-0.25, -0.2) is 14.1 Å². The molecule has 1 aliphatic heterocycles. The average Bonchev–Trinajstić information content (AvgIpc) is 3.38. The second kappa shape index (κ2) is 7.54. The third-order valence-corrected chi connectivity index (χ3v) is 5.66. The molecule has 6 nitrogen and oxygen atoms in total. The van der Waals surface area contributed by atoms with Crippen LogP contribution in [0, 0.1) is 5.82 Å². The number of likely N-dealkylation sites (tertiary alicyclic amines) is 1. The standard InChI is InChI=1S/C18H15F4N5OS/c19-12-3-5-13(6-4-12)27-15(18(20,21)22)14(24-25-27)17(28)26-8-1-2-11(10-26)16-23-7-9-29-16/h3-7,9,11H,1-2,8,10H2. The molecule has 1 aromatic carbocycles. The first-order valence-corrected chi connectivity index (χ1v) is 9.70. The maximum atomic E-state index is 13.8. The highest BCUT2D eigenvalue weighted by Crippen LogP contribution is 2.34. The average molecular weight is 425 g/mol. The topological polar surface area (TPSA) is 63.9 Å². The lowest BCUT2D eigenvalue weighted by Crippen LogP contribution is -2.40. The molecule has 11 heteroatoms. The lowest BCUT2D eigenvalue weighted by Gasteiger charge is -2.31. The minimum absolute atomic E-state index is 0.0193. The van der Waals surface area contributed by atoms with Crippen molar-refractivity contribution >= 4 is 17.2 Å². The summed E-state index contributed by atoms with van der Waals surface area (Å²) >= 11 is 1.46. The molecular weight excluding hydrogens is 410 g/mol. The highest BCUT2D eigenvalue weighted by Gasteiger charge is 2.43. The van der Waals surface area contributed by atoms with Crippen LogP contribution in [0.2, 0.25) is 0 Å². The fourth-order valence-electron chi connectivity index (χ4n) is 3.39. The highest BCUT2D eigenvalue weighted by atomic mass is 32.1. The zero-order valence-electron chi connectivity index (χ0n) is 14.9. The highest BCUT2D eigenvalue weighted by molar-refractivity contribution is 7.09. The van der Waals surface area contributed by atoms with Crippen molar-refractivity contribution in [2.75, 3.05) is 13.1 Å². The summed E-state index contributed by atoms with van der Waals surface area (Å²) in [5, 5.41) is 9.75. The van der Waals surface area contributed by atoms with E-state index in [0.717, 1.165) is 35.7 Å². The smallest absolute Gasteiger partial charge is 0.336 e. The number of thiazole rings is 1. The second-order valence-corrected chi connectivity index (χ2v) is 7.56. The van der Waals surface area contributed by atoms with Gasteiger partial charge in [-0.2, -0.15) is 13.2 Å². The number of carbonyl (C=O) groups excluding carboxylic acids is 1. The molecule has 4 rings (SSSR count). The zero-order chi connectivity index (χ0) is 20.6. The predicted molar refractivity (Wildman–Crippen MR) is 96.3 cm³/mol. The number of piperidine rings is 1. The molecule has 0 saturated carbocycles. The van der Waals surface area contributed by atoms with E-state index < -0.39 is 29.3 Å². The van der Waals surface area contributed by atoms with Gasteiger partial charge in [-0.15, -0.1) is 16.4 Å². The van der Waals surface area contributed by atoms with Gasteiger partial charge in [-0.05, 0) is 37.1 Å². The predicted octanol–water partition coefficient (Wildman–Crippen LogP) is 3.90. The van der Waals surface area contributed by atoms with Crippen LogP contribution in [0.3, 0.4) is 0 Å². The molecule has 1 atom stereocenters. The van der Waals surface area contributed by atoms with Crippen LogP contribution in [0.15, 0.2) is 35.8 Å². The molecule has 0 bridgehead atoms. The second-order valence-electron chi connectivity index (χ2n) is 6.63. The van der Waals surface area contributed by atoms with Crippen LogP contribution in [-0.2, 0) is 6.18 Å². The van der Waals surface area contributed by atoms with E-state index in [1.54, 1.807) is 6.20 Å². The lowest BCUT2D eigenvalue weighted by molar-refractivity contribution is -0.143. The number of nitrogens with zero attached hydrogens (tertiary/aromatic N) is 5. The number of hydrogen-bond donors (Lipinski definition) is 0. The Bertz CT molecular complexity index is 1000. The van der Waals surface area contributed by atoms with Crippen molar-refractivity contribution in [3.05, 3.63) is 58.1 Å². The Balaban J connectivity index is 1.67. The molecule has 0 N–H and O–H groups in total. The Hall–Kier alpha value is -2.82. The first-order chi connectivity index (χ1) is 13.8. The van der Waals surface area contributed by atoms with Gasteiger partial charge < -0.3 is 4.90 Å². The van der Waals surface area contributed by atoms with Gasteiger partial charge in [0.05, 0.1) is 10.7 Å². The number of alkyl halides is 3. The molecule has 1 amide bonds. The fourth-order valence-corrected chi connectivity index (χ4v) is 4.16. The van der Waals surface area contributed by atoms with Gasteiger partial charge in [-0.1, -0.05) is 5.21 Å². The van der Waals surface area contributed by atoms with E-state index in [9.17, 15) is 22.4 Å². The maximum absolute atomic E-state index is 13.8. The summed E-state index contributed by atoms with van der Waals surface area (Å²) in [6, 6.07) is 4.32. The van der Waals surface area contributed by atoms with Gasteiger partial charge in [0.15, 0.2) is 11.4 Å². The number of carbonyl (C=O) groups is 1. The molecule has 0 radical (unpaired) electrons. The van der Waals surface area contributed by atoms with Crippen molar-refractivity contribution in [3.8, 4) is 5.69 Å². The Morgan fingerprint density at radius 1 is 1.21 bits per heavy atom. The number of benzene rings is 1. The molecular formula is C18H15F4N5OS.